The minimum Gasteiger partial charge on any atom is -0.476 e. The zero-order chi connectivity index (χ0) is 26.6. The van der Waals surface area contributed by atoms with Crippen molar-refractivity contribution >= 4 is 23.2 Å². The molecule has 1 aliphatic rings. The number of halogens is 1. The molecule has 1 amide bonds. The summed E-state index contributed by atoms with van der Waals surface area (Å²) in [5, 5.41) is 3.44. The summed E-state index contributed by atoms with van der Waals surface area (Å²) in [7, 11) is 4.30. The van der Waals surface area contributed by atoms with E-state index in [1.165, 1.54) is 6.07 Å². The molecule has 2 N–H and O–H groups in total. The molecule has 7 nitrogen and oxygen atoms in total. The lowest BCUT2D eigenvalue weighted by Crippen LogP contribution is -2.42. The second-order valence-electron chi connectivity index (χ2n) is 10.3. The third kappa shape index (κ3) is 6.62. The van der Waals surface area contributed by atoms with Crippen molar-refractivity contribution in [1.29, 1.82) is 0 Å². The van der Waals surface area contributed by atoms with Gasteiger partial charge in [0.1, 0.15) is 0 Å². The molecule has 0 radical (unpaired) electrons. The smallest absolute Gasteiger partial charge is 0.251 e. The van der Waals surface area contributed by atoms with E-state index in [0.717, 1.165) is 43.5 Å². The number of nitrogens with zero attached hydrogens (tertiary/aromatic N) is 2. The number of carbonyl (C=O) groups is 1. The van der Waals surface area contributed by atoms with Gasteiger partial charge in [-0.1, -0.05) is 11.6 Å². The highest BCUT2D eigenvalue weighted by Crippen LogP contribution is 2.34. The summed E-state index contributed by atoms with van der Waals surface area (Å²) in [5.74, 6) is 0.128. The maximum Gasteiger partial charge on any atom is 0.251 e. The van der Waals surface area contributed by atoms with Gasteiger partial charge in [-0.25, -0.2) is 0 Å². The molecule has 1 aromatic carbocycles. The summed E-state index contributed by atoms with van der Waals surface area (Å²) >= 11 is 6.52. The summed E-state index contributed by atoms with van der Waals surface area (Å²) in [6.45, 7) is 10.6. The van der Waals surface area contributed by atoms with E-state index in [1.807, 2.05) is 26.8 Å². The molecular weight excluding hydrogens is 476 g/mol. The number of anilines is 1. The number of H-pyrrole nitrogens is 1. The number of benzene rings is 1. The number of rotatable bonds is 9. The minimum atomic E-state index is -0.265. The number of ether oxygens (including phenoxy) is 1. The van der Waals surface area contributed by atoms with Crippen LogP contribution in [0.5, 0.6) is 5.88 Å². The van der Waals surface area contributed by atoms with Crippen molar-refractivity contribution in [2.24, 2.45) is 0 Å². The normalized spacial score (nSPS) is 17.9. The first-order valence-corrected chi connectivity index (χ1v) is 13.3. The molecule has 1 heterocycles. The van der Waals surface area contributed by atoms with E-state index in [0.29, 0.717) is 39.8 Å². The van der Waals surface area contributed by atoms with Crippen LogP contribution in [0.25, 0.3) is 0 Å². The Morgan fingerprint density at radius 3 is 2.36 bits per heavy atom. The number of nitrogens with one attached hydrogen (secondary N) is 2. The highest BCUT2D eigenvalue weighted by molar-refractivity contribution is 6.31. The Kier molecular flexibility index (Phi) is 9.47. The lowest BCUT2D eigenvalue weighted by molar-refractivity contribution is 0.0949. The van der Waals surface area contributed by atoms with Crippen LogP contribution in [0.4, 0.5) is 5.69 Å². The summed E-state index contributed by atoms with van der Waals surface area (Å²) < 4.78 is 5.80. The molecule has 1 aromatic heterocycles. The number of amides is 1. The maximum absolute atomic E-state index is 13.3. The standard InChI is InChI=1S/C28H41ClN4O3/c1-8-33(22-11-9-21(10-12-22)32(6)7)25-15-20(29)14-23(19(25)5)27(35)30-16-24-26(34)13-18(4)31-28(24)36-17(2)3/h13-15,17,21-22H,8-12,16H2,1-7H3,(H,30,35)(H,31,34)/t21-,22-. The molecule has 0 bridgehead atoms. The van der Waals surface area contributed by atoms with Gasteiger partial charge in [0.05, 0.1) is 18.2 Å². The topological polar surface area (TPSA) is 77.7 Å². The van der Waals surface area contributed by atoms with Gasteiger partial charge in [-0.05, 0) is 92.1 Å². The van der Waals surface area contributed by atoms with E-state index in [-0.39, 0.29) is 24.0 Å². The van der Waals surface area contributed by atoms with Gasteiger partial charge < -0.3 is 24.8 Å². The average molecular weight is 517 g/mol. The van der Waals surface area contributed by atoms with Crippen molar-refractivity contribution in [3.05, 3.63) is 55.8 Å². The molecule has 1 fully saturated rings. The van der Waals surface area contributed by atoms with E-state index >= 15 is 0 Å². The van der Waals surface area contributed by atoms with Crippen LogP contribution in [-0.4, -0.2) is 54.6 Å². The lowest BCUT2D eigenvalue weighted by atomic mass is 9.89. The van der Waals surface area contributed by atoms with Crippen molar-refractivity contribution in [2.75, 3.05) is 25.5 Å². The second kappa shape index (κ2) is 12.2. The zero-order valence-corrected chi connectivity index (χ0v) is 23.5. The van der Waals surface area contributed by atoms with Crippen LogP contribution in [0, 0.1) is 13.8 Å². The highest BCUT2D eigenvalue weighted by Gasteiger charge is 2.28. The van der Waals surface area contributed by atoms with Gasteiger partial charge in [-0.3, -0.25) is 9.59 Å². The Hall–Kier alpha value is -2.51. The predicted octanol–water partition coefficient (Wildman–Crippen LogP) is 5.06. The van der Waals surface area contributed by atoms with E-state index in [9.17, 15) is 9.59 Å². The van der Waals surface area contributed by atoms with Gasteiger partial charge in [0, 0.05) is 46.7 Å². The molecule has 198 valence electrons. The fraction of sp³-hybridized carbons (Fsp3) is 0.571. The number of aromatic amines is 1. The molecule has 1 saturated carbocycles. The Labute approximate surface area is 220 Å². The highest BCUT2D eigenvalue weighted by atomic mass is 35.5. The van der Waals surface area contributed by atoms with E-state index in [4.69, 9.17) is 16.3 Å². The van der Waals surface area contributed by atoms with Gasteiger partial charge in [0.2, 0.25) is 0 Å². The van der Waals surface area contributed by atoms with E-state index < -0.39 is 0 Å². The van der Waals surface area contributed by atoms with Gasteiger partial charge >= 0.3 is 0 Å². The molecule has 3 rings (SSSR count). The number of aromatic nitrogens is 1. The Morgan fingerprint density at radius 2 is 1.78 bits per heavy atom. The second-order valence-corrected chi connectivity index (χ2v) is 10.7. The number of aryl methyl sites for hydroxylation is 1. The first kappa shape index (κ1) is 28.1. The number of carbonyl (C=O) groups excluding carboxylic acids is 1. The SMILES string of the molecule is CCN(c1cc(Cl)cc(C(=O)NCc2c(OC(C)C)[nH]c(C)cc2=O)c1C)[C@H]1CC[C@H](N(C)C)CC1. The largest absolute Gasteiger partial charge is 0.476 e. The summed E-state index contributed by atoms with van der Waals surface area (Å²) in [6.07, 6.45) is 4.43. The molecule has 0 atom stereocenters. The van der Waals surface area contributed by atoms with Crippen LogP contribution in [0.15, 0.2) is 23.0 Å². The zero-order valence-electron chi connectivity index (χ0n) is 22.7. The molecule has 36 heavy (non-hydrogen) atoms. The quantitative estimate of drug-likeness (QED) is 0.487. The average Bonchev–Trinajstić information content (AvgIpc) is 2.80. The summed E-state index contributed by atoms with van der Waals surface area (Å²) in [6, 6.07) is 6.23. The van der Waals surface area contributed by atoms with E-state index in [1.54, 1.807) is 13.0 Å². The first-order chi connectivity index (χ1) is 17.0. The summed E-state index contributed by atoms with van der Waals surface area (Å²) in [4.78, 5) is 33.8. The monoisotopic (exact) mass is 516 g/mol. The van der Waals surface area contributed by atoms with Crippen molar-refractivity contribution in [2.45, 2.75) is 85.0 Å². The van der Waals surface area contributed by atoms with Crippen molar-refractivity contribution in [3.63, 3.8) is 0 Å². The molecule has 0 aliphatic heterocycles. The number of hydrogen-bond acceptors (Lipinski definition) is 5. The Balaban J connectivity index is 1.83. The van der Waals surface area contributed by atoms with Crippen LogP contribution in [0.1, 0.15) is 73.6 Å². The van der Waals surface area contributed by atoms with Gasteiger partial charge in [0.15, 0.2) is 11.3 Å². The molecule has 0 saturated heterocycles. The van der Waals surface area contributed by atoms with Crippen LogP contribution in [0.2, 0.25) is 5.02 Å². The van der Waals surface area contributed by atoms with Crippen LogP contribution >= 0.6 is 11.6 Å². The molecule has 2 aromatic rings. The minimum absolute atomic E-state index is 0.0594. The van der Waals surface area contributed by atoms with Crippen molar-refractivity contribution in [3.8, 4) is 5.88 Å². The van der Waals surface area contributed by atoms with Gasteiger partial charge in [-0.15, -0.1) is 0 Å². The Morgan fingerprint density at radius 1 is 1.14 bits per heavy atom. The lowest BCUT2D eigenvalue weighted by Gasteiger charge is -2.40. The van der Waals surface area contributed by atoms with Crippen molar-refractivity contribution < 1.29 is 9.53 Å². The molecule has 0 unspecified atom stereocenters. The number of pyridine rings is 1. The van der Waals surface area contributed by atoms with Crippen LogP contribution in [0.3, 0.4) is 0 Å². The summed E-state index contributed by atoms with van der Waals surface area (Å²) in [5.41, 5.74) is 3.35. The third-order valence-electron chi connectivity index (χ3n) is 7.09. The predicted molar refractivity (Wildman–Crippen MR) is 148 cm³/mol. The molecule has 1 aliphatic carbocycles. The fourth-order valence-corrected chi connectivity index (χ4v) is 5.38. The number of hydrogen-bond donors (Lipinski definition) is 2. The Bertz CT molecular complexity index is 1120. The first-order valence-electron chi connectivity index (χ1n) is 12.9. The van der Waals surface area contributed by atoms with Gasteiger partial charge in [-0.2, -0.15) is 0 Å². The van der Waals surface area contributed by atoms with Gasteiger partial charge in [0.25, 0.3) is 5.91 Å². The fourth-order valence-electron chi connectivity index (χ4n) is 5.16. The van der Waals surface area contributed by atoms with Crippen LogP contribution in [-0.2, 0) is 6.54 Å². The van der Waals surface area contributed by atoms with Crippen LogP contribution < -0.4 is 20.4 Å². The third-order valence-corrected chi connectivity index (χ3v) is 7.30. The molecular formula is C28H41ClN4O3. The molecule has 8 heteroatoms. The maximum atomic E-state index is 13.3. The molecule has 0 spiro atoms. The van der Waals surface area contributed by atoms with E-state index in [2.05, 4.69) is 41.1 Å². The van der Waals surface area contributed by atoms with Crippen molar-refractivity contribution in [1.82, 2.24) is 15.2 Å².